The molecule has 1 amide bonds. The fourth-order valence-electron chi connectivity index (χ4n) is 1.46. The molecule has 1 rings (SSSR count). The Morgan fingerprint density at radius 2 is 2.00 bits per heavy atom. The van der Waals surface area contributed by atoms with Crippen LogP contribution in [0.15, 0.2) is 24.3 Å². The molecule has 0 spiro atoms. The van der Waals surface area contributed by atoms with E-state index in [2.05, 4.69) is 5.32 Å². The maximum Gasteiger partial charge on any atom is 0.401 e. The van der Waals surface area contributed by atoms with E-state index >= 15 is 0 Å². The first-order valence-electron chi connectivity index (χ1n) is 6.16. The monoisotopic (exact) mass is 304 g/mol. The lowest BCUT2D eigenvalue weighted by molar-refractivity contribution is -0.126. The predicted octanol–water partition coefficient (Wildman–Crippen LogP) is 1.95. The Morgan fingerprint density at radius 3 is 2.62 bits per heavy atom. The molecule has 0 fully saturated rings. The number of anilines is 1. The Morgan fingerprint density at radius 1 is 1.29 bits per heavy atom. The summed E-state index contributed by atoms with van der Waals surface area (Å²) in [6, 6.07) is 5.95. The van der Waals surface area contributed by atoms with Gasteiger partial charge in [0.25, 0.3) is 0 Å². The van der Waals surface area contributed by atoms with Gasteiger partial charge in [-0.05, 0) is 25.1 Å². The summed E-state index contributed by atoms with van der Waals surface area (Å²) in [7, 11) is 0. The van der Waals surface area contributed by atoms with Crippen LogP contribution in [0.5, 0.6) is 0 Å². The third-order valence-electron chi connectivity index (χ3n) is 2.27. The maximum absolute atomic E-state index is 11.9. The van der Waals surface area contributed by atoms with Crippen LogP contribution < -0.4 is 10.6 Å². The van der Waals surface area contributed by atoms with Crippen molar-refractivity contribution in [2.24, 2.45) is 0 Å². The van der Waals surface area contributed by atoms with Gasteiger partial charge in [0.1, 0.15) is 0 Å². The van der Waals surface area contributed by atoms with E-state index in [1.54, 1.807) is 6.92 Å². The van der Waals surface area contributed by atoms with Gasteiger partial charge < -0.3 is 15.4 Å². The van der Waals surface area contributed by atoms with Gasteiger partial charge in [-0.1, -0.05) is 6.07 Å². The van der Waals surface area contributed by atoms with Crippen molar-refractivity contribution in [3.8, 4) is 0 Å². The molecule has 0 saturated carbocycles. The first kappa shape index (κ1) is 17.0. The van der Waals surface area contributed by atoms with E-state index in [1.807, 2.05) is 5.32 Å². The molecule has 0 bridgehead atoms. The lowest BCUT2D eigenvalue weighted by atomic mass is 10.2. The Hall–Kier alpha value is -2.09. The first-order valence-corrected chi connectivity index (χ1v) is 6.16. The second-order valence-electron chi connectivity index (χ2n) is 4.07. The van der Waals surface area contributed by atoms with Gasteiger partial charge in [0.05, 0.1) is 25.3 Å². The van der Waals surface area contributed by atoms with E-state index in [9.17, 15) is 22.8 Å². The lowest BCUT2D eigenvalue weighted by Gasteiger charge is -2.09. The first-order chi connectivity index (χ1) is 9.81. The van der Waals surface area contributed by atoms with E-state index in [1.165, 1.54) is 24.3 Å². The molecule has 0 radical (unpaired) electrons. The summed E-state index contributed by atoms with van der Waals surface area (Å²) in [5, 5.41) is 4.36. The highest BCUT2D eigenvalue weighted by Gasteiger charge is 2.26. The van der Waals surface area contributed by atoms with Crippen molar-refractivity contribution in [2.75, 3.05) is 25.0 Å². The number of amides is 1. The fraction of sp³-hybridized carbons (Fsp3) is 0.385. The summed E-state index contributed by atoms with van der Waals surface area (Å²) in [5.74, 6) is -1.18. The number of hydrogen-bond acceptors (Lipinski definition) is 4. The quantitative estimate of drug-likeness (QED) is 0.788. The van der Waals surface area contributed by atoms with Crippen LogP contribution in [-0.4, -0.2) is 37.7 Å². The van der Waals surface area contributed by atoms with Crippen molar-refractivity contribution in [3.63, 3.8) is 0 Å². The normalized spacial score (nSPS) is 11.0. The van der Waals surface area contributed by atoms with Crippen LogP contribution in [-0.2, 0) is 9.53 Å². The van der Waals surface area contributed by atoms with E-state index in [0.29, 0.717) is 5.69 Å². The summed E-state index contributed by atoms with van der Waals surface area (Å²) >= 11 is 0. The van der Waals surface area contributed by atoms with Gasteiger partial charge in [-0.3, -0.25) is 4.79 Å². The molecule has 8 heteroatoms. The van der Waals surface area contributed by atoms with Gasteiger partial charge >= 0.3 is 12.1 Å². The topological polar surface area (TPSA) is 67.4 Å². The number of carbonyl (C=O) groups is 2. The molecule has 21 heavy (non-hydrogen) atoms. The highest BCUT2D eigenvalue weighted by molar-refractivity contribution is 5.95. The summed E-state index contributed by atoms with van der Waals surface area (Å²) in [4.78, 5) is 22.9. The third-order valence-corrected chi connectivity index (χ3v) is 2.27. The molecule has 1 aromatic rings. The molecular weight excluding hydrogens is 289 g/mol. The van der Waals surface area contributed by atoms with Crippen molar-refractivity contribution >= 4 is 17.6 Å². The smallest absolute Gasteiger partial charge is 0.401 e. The van der Waals surface area contributed by atoms with Gasteiger partial charge in [0, 0.05) is 5.69 Å². The van der Waals surface area contributed by atoms with Crippen molar-refractivity contribution in [2.45, 2.75) is 13.1 Å². The van der Waals surface area contributed by atoms with Crippen molar-refractivity contribution in [1.29, 1.82) is 0 Å². The molecule has 0 aromatic heterocycles. The Balaban J connectivity index is 2.53. The zero-order valence-electron chi connectivity index (χ0n) is 11.3. The number of rotatable bonds is 6. The maximum atomic E-state index is 11.9. The van der Waals surface area contributed by atoms with Crippen molar-refractivity contribution < 1.29 is 27.5 Å². The van der Waals surface area contributed by atoms with Gasteiger partial charge in [-0.2, -0.15) is 13.2 Å². The average molecular weight is 304 g/mol. The summed E-state index contributed by atoms with van der Waals surface area (Å²) in [5.41, 5.74) is 0.553. The zero-order valence-corrected chi connectivity index (χ0v) is 11.3. The Kier molecular flexibility index (Phi) is 6.16. The van der Waals surface area contributed by atoms with Crippen LogP contribution >= 0.6 is 0 Å². The molecule has 1 aromatic carbocycles. The molecule has 0 saturated heterocycles. The standard InChI is InChI=1S/C13H15F3N2O3/c1-2-21-12(20)9-4-3-5-10(6-9)18-11(19)7-17-8-13(14,15)16/h3-6,17H,2,7-8H2,1H3,(H,18,19). The average Bonchev–Trinajstić information content (AvgIpc) is 2.37. The Labute approximate surface area is 119 Å². The van der Waals surface area contributed by atoms with Gasteiger partial charge in [0.15, 0.2) is 0 Å². The van der Waals surface area contributed by atoms with Crippen LogP contribution in [0.1, 0.15) is 17.3 Å². The largest absolute Gasteiger partial charge is 0.462 e. The molecular formula is C13H15F3N2O3. The number of ether oxygens (including phenoxy) is 1. The second kappa shape index (κ2) is 7.63. The summed E-state index contributed by atoms with van der Waals surface area (Å²) in [6.45, 7) is 0.152. The highest BCUT2D eigenvalue weighted by atomic mass is 19.4. The Bertz CT molecular complexity index is 504. The lowest BCUT2D eigenvalue weighted by Crippen LogP contribution is -2.35. The number of nitrogens with one attached hydrogen (secondary N) is 2. The molecule has 0 unspecified atom stereocenters. The van der Waals surface area contributed by atoms with Gasteiger partial charge in [0.2, 0.25) is 5.91 Å². The van der Waals surface area contributed by atoms with Crippen LogP contribution in [0.4, 0.5) is 18.9 Å². The van der Waals surface area contributed by atoms with E-state index in [0.717, 1.165) is 0 Å². The molecule has 0 atom stereocenters. The summed E-state index contributed by atoms with van der Waals surface area (Å²) < 4.78 is 40.5. The molecule has 116 valence electrons. The highest BCUT2D eigenvalue weighted by Crippen LogP contribution is 2.13. The van der Waals surface area contributed by atoms with Crippen molar-refractivity contribution in [3.05, 3.63) is 29.8 Å². The molecule has 0 aliphatic heterocycles. The van der Waals surface area contributed by atoms with E-state index in [-0.39, 0.29) is 12.2 Å². The number of carbonyl (C=O) groups excluding carboxylic acids is 2. The SMILES string of the molecule is CCOC(=O)c1cccc(NC(=O)CNCC(F)(F)F)c1. The van der Waals surface area contributed by atoms with E-state index < -0.39 is 31.1 Å². The zero-order chi connectivity index (χ0) is 15.9. The van der Waals surface area contributed by atoms with Crippen molar-refractivity contribution in [1.82, 2.24) is 5.32 Å². The van der Waals surface area contributed by atoms with Crippen LogP contribution in [0.2, 0.25) is 0 Å². The van der Waals surface area contributed by atoms with Gasteiger partial charge in [-0.25, -0.2) is 4.79 Å². The molecule has 0 aliphatic carbocycles. The minimum atomic E-state index is -4.37. The number of halogens is 3. The van der Waals surface area contributed by atoms with E-state index in [4.69, 9.17) is 4.74 Å². The fourth-order valence-corrected chi connectivity index (χ4v) is 1.46. The third kappa shape index (κ3) is 6.75. The minimum absolute atomic E-state index is 0.219. The van der Waals surface area contributed by atoms with Crippen LogP contribution in [0.25, 0.3) is 0 Å². The van der Waals surface area contributed by atoms with Crippen LogP contribution in [0.3, 0.4) is 0 Å². The number of hydrogen-bond donors (Lipinski definition) is 2. The molecule has 0 heterocycles. The number of esters is 1. The number of alkyl halides is 3. The van der Waals surface area contributed by atoms with Crippen LogP contribution in [0, 0.1) is 0 Å². The minimum Gasteiger partial charge on any atom is -0.462 e. The number of benzene rings is 1. The molecule has 2 N–H and O–H groups in total. The molecule has 5 nitrogen and oxygen atoms in total. The predicted molar refractivity (Wildman–Crippen MR) is 70.0 cm³/mol. The van der Waals surface area contributed by atoms with Gasteiger partial charge in [-0.15, -0.1) is 0 Å². The molecule has 0 aliphatic rings. The second-order valence-corrected chi connectivity index (χ2v) is 4.07. The summed E-state index contributed by atoms with van der Waals surface area (Å²) in [6.07, 6.45) is -4.37.